The Kier molecular flexibility index (Phi) is 4.06. The molecule has 1 aromatic rings. The lowest BCUT2D eigenvalue weighted by molar-refractivity contribution is 0.295. The van der Waals surface area contributed by atoms with Crippen molar-refractivity contribution in [2.75, 3.05) is 13.7 Å². The van der Waals surface area contributed by atoms with Crippen molar-refractivity contribution in [1.29, 1.82) is 0 Å². The number of benzene rings is 1. The van der Waals surface area contributed by atoms with Gasteiger partial charge in [-0.15, -0.1) is 0 Å². The number of hydrogen-bond donors (Lipinski definition) is 1. The maximum atomic E-state index is 5.53. The van der Waals surface area contributed by atoms with E-state index in [0.717, 1.165) is 18.7 Å². The van der Waals surface area contributed by atoms with Gasteiger partial charge < -0.3 is 10.1 Å². The van der Waals surface area contributed by atoms with Gasteiger partial charge in [0, 0.05) is 11.1 Å². The average molecular weight is 233 g/mol. The molecule has 0 radical (unpaired) electrons. The molecule has 1 aliphatic heterocycles. The van der Waals surface area contributed by atoms with E-state index < -0.39 is 0 Å². The minimum Gasteiger partial charge on any atom is -0.496 e. The largest absolute Gasteiger partial charge is 0.496 e. The summed E-state index contributed by atoms with van der Waals surface area (Å²) in [6.07, 6.45) is 6.26. The molecule has 1 unspecified atom stereocenters. The molecular formula is C15H23NO. The van der Waals surface area contributed by atoms with Crippen molar-refractivity contribution in [3.8, 4) is 5.75 Å². The van der Waals surface area contributed by atoms with Gasteiger partial charge in [-0.25, -0.2) is 0 Å². The summed E-state index contributed by atoms with van der Waals surface area (Å²) < 4.78 is 5.53. The first-order valence-electron chi connectivity index (χ1n) is 6.71. The number of methoxy groups -OCH3 is 1. The average Bonchev–Trinajstić information content (AvgIpc) is 2.65. The van der Waals surface area contributed by atoms with Gasteiger partial charge in [0.05, 0.1) is 7.11 Å². The Morgan fingerprint density at radius 1 is 1.24 bits per heavy atom. The Morgan fingerprint density at radius 3 is 2.82 bits per heavy atom. The molecule has 2 rings (SSSR count). The van der Waals surface area contributed by atoms with Crippen molar-refractivity contribution < 1.29 is 4.74 Å². The van der Waals surface area contributed by atoms with E-state index in [0.29, 0.717) is 0 Å². The van der Waals surface area contributed by atoms with E-state index in [9.17, 15) is 0 Å². The molecule has 1 N–H and O–H groups in total. The summed E-state index contributed by atoms with van der Waals surface area (Å²) in [4.78, 5) is 0. The van der Waals surface area contributed by atoms with Gasteiger partial charge >= 0.3 is 0 Å². The fraction of sp³-hybridized carbons (Fsp3) is 0.600. The quantitative estimate of drug-likeness (QED) is 0.863. The van der Waals surface area contributed by atoms with Crippen LogP contribution in [0.4, 0.5) is 0 Å². The molecule has 1 fully saturated rings. The Morgan fingerprint density at radius 2 is 2.06 bits per heavy atom. The van der Waals surface area contributed by atoms with E-state index in [1.54, 1.807) is 7.11 Å². The molecule has 1 saturated heterocycles. The topological polar surface area (TPSA) is 21.3 Å². The summed E-state index contributed by atoms with van der Waals surface area (Å²) in [6.45, 7) is 3.39. The second-order valence-corrected chi connectivity index (χ2v) is 4.87. The van der Waals surface area contributed by atoms with Gasteiger partial charge in [-0.3, -0.25) is 0 Å². The zero-order valence-corrected chi connectivity index (χ0v) is 11.0. The van der Waals surface area contributed by atoms with E-state index in [-0.39, 0.29) is 5.54 Å². The lowest BCUT2D eigenvalue weighted by Crippen LogP contribution is -2.41. The van der Waals surface area contributed by atoms with Crippen LogP contribution in [0.1, 0.15) is 44.6 Å². The molecule has 2 nitrogen and oxygen atoms in total. The third kappa shape index (κ3) is 2.47. The summed E-state index contributed by atoms with van der Waals surface area (Å²) in [6, 6.07) is 8.43. The highest BCUT2D eigenvalue weighted by atomic mass is 16.5. The zero-order chi connectivity index (χ0) is 12.1. The first-order chi connectivity index (χ1) is 8.32. The van der Waals surface area contributed by atoms with Gasteiger partial charge in [-0.05, 0) is 31.9 Å². The lowest BCUT2D eigenvalue weighted by atomic mass is 9.82. The predicted molar refractivity (Wildman–Crippen MR) is 71.4 cm³/mol. The molecule has 1 heterocycles. The van der Waals surface area contributed by atoms with Gasteiger partial charge in [0.1, 0.15) is 5.75 Å². The molecule has 1 aromatic carbocycles. The molecule has 94 valence electrons. The molecule has 17 heavy (non-hydrogen) atoms. The van der Waals surface area contributed by atoms with Crippen LogP contribution < -0.4 is 10.1 Å². The highest BCUT2D eigenvalue weighted by molar-refractivity contribution is 5.39. The highest BCUT2D eigenvalue weighted by Crippen LogP contribution is 2.37. The first kappa shape index (κ1) is 12.4. The minimum atomic E-state index is 0.114. The molecule has 0 aromatic heterocycles. The number of hydrogen-bond acceptors (Lipinski definition) is 2. The van der Waals surface area contributed by atoms with Crippen LogP contribution in [0.3, 0.4) is 0 Å². The Labute approximate surface area is 104 Å². The maximum absolute atomic E-state index is 5.53. The van der Waals surface area contributed by atoms with Crippen molar-refractivity contribution in [3.63, 3.8) is 0 Å². The normalized spacial score (nSPS) is 25.3. The number of rotatable bonds is 3. The molecule has 2 heteroatoms. The van der Waals surface area contributed by atoms with Crippen LogP contribution in [0.25, 0.3) is 0 Å². The zero-order valence-electron chi connectivity index (χ0n) is 11.0. The minimum absolute atomic E-state index is 0.114. The Bertz CT molecular complexity index is 354. The second-order valence-electron chi connectivity index (χ2n) is 4.87. The van der Waals surface area contributed by atoms with Crippen LogP contribution in [0.5, 0.6) is 5.75 Å². The van der Waals surface area contributed by atoms with Crippen LogP contribution in [0.2, 0.25) is 0 Å². The molecular weight excluding hydrogens is 210 g/mol. The van der Waals surface area contributed by atoms with E-state index in [1.807, 2.05) is 6.07 Å². The monoisotopic (exact) mass is 233 g/mol. The predicted octanol–water partition coefficient (Wildman–Crippen LogP) is 3.46. The fourth-order valence-corrected chi connectivity index (χ4v) is 2.91. The van der Waals surface area contributed by atoms with Crippen molar-refractivity contribution in [1.82, 2.24) is 5.32 Å². The van der Waals surface area contributed by atoms with Crippen molar-refractivity contribution in [3.05, 3.63) is 29.8 Å². The fourth-order valence-electron chi connectivity index (χ4n) is 2.91. The number of nitrogens with one attached hydrogen (secondary N) is 1. The smallest absolute Gasteiger partial charge is 0.123 e. The van der Waals surface area contributed by atoms with Crippen LogP contribution in [-0.4, -0.2) is 13.7 Å². The summed E-state index contributed by atoms with van der Waals surface area (Å²) >= 11 is 0. The lowest BCUT2D eigenvalue weighted by Gasteiger charge is -2.34. The van der Waals surface area contributed by atoms with E-state index >= 15 is 0 Å². The van der Waals surface area contributed by atoms with Crippen molar-refractivity contribution >= 4 is 0 Å². The number of para-hydroxylation sites is 1. The van der Waals surface area contributed by atoms with Crippen LogP contribution >= 0.6 is 0 Å². The summed E-state index contributed by atoms with van der Waals surface area (Å²) in [5.41, 5.74) is 1.44. The maximum Gasteiger partial charge on any atom is 0.123 e. The third-order valence-corrected chi connectivity index (χ3v) is 3.97. The molecule has 0 spiro atoms. The number of ether oxygens (including phenoxy) is 1. The van der Waals surface area contributed by atoms with Crippen molar-refractivity contribution in [2.24, 2.45) is 0 Å². The van der Waals surface area contributed by atoms with Gasteiger partial charge in [-0.1, -0.05) is 38.0 Å². The highest BCUT2D eigenvalue weighted by Gasteiger charge is 2.32. The van der Waals surface area contributed by atoms with Gasteiger partial charge in [0.25, 0.3) is 0 Å². The second kappa shape index (κ2) is 5.54. The summed E-state index contributed by atoms with van der Waals surface area (Å²) in [5.74, 6) is 1.02. The van der Waals surface area contributed by atoms with Gasteiger partial charge in [-0.2, -0.15) is 0 Å². The van der Waals surface area contributed by atoms with Crippen molar-refractivity contribution in [2.45, 2.75) is 44.6 Å². The Balaban J connectivity index is 2.38. The van der Waals surface area contributed by atoms with Crippen LogP contribution in [0, 0.1) is 0 Å². The standard InChI is InChI=1S/C15H23NO/c1-3-15(11-7-4-8-12-16-15)13-9-5-6-10-14(13)17-2/h5-6,9-10,16H,3-4,7-8,11-12H2,1-2H3. The molecule has 0 aliphatic carbocycles. The molecule has 0 amide bonds. The van der Waals surface area contributed by atoms with Crippen LogP contribution in [-0.2, 0) is 5.54 Å². The molecule has 0 saturated carbocycles. The van der Waals surface area contributed by atoms with Gasteiger partial charge in [0.15, 0.2) is 0 Å². The molecule has 1 atom stereocenters. The summed E-state index contributed by atoms with van der Waals surface area (Å²) in [5, 5.41) is 3.76. The molecule has 1 aliphatic rings. The third-order valence-electron chi connectivity index (χ3n) is 3.97. The molecule has 0 bridgehead atoms. The van der Waals surface area contributed by atoms with Crippen LogP contribution in [0.15, 0.2) is 24.3 Å². The SMILES string of the molecule is CCC1(c2ccccc2OC)CCCCCN1. The first-order valence-corrected chi connectivity index (χ1v) is 6.71. The van der Waals surface area contributed by atoms with Gasteiger partial charge in [0.2, 0.25) is 0 Å². The van der Waals surface area contributed by atoms with E-state index in [2.05, 4.69) is 30.4 Å². The Hall–Kier alpha value is -1.02. The summed E-state index contributed by atoms with van der Waals surface area (Å²) in [7, 11) is 1.76. The van der Waals surface area contributed by atoms with E-state index in [1.165, 1.54) is 31.2 Å². The van der Waals surface area contributed by atoms with E-state index in [4.69, 9.17) is 4.74 Å².